The van der Waals surface area contributed by atoms with Crippen LogP contribution >= 0.6 is 0 Å². The summed E-state index contributed by atoms with van der Waals surface area (Å²) in [6, 6.07) is 28.8. The molecule has 66 heavy (non-hydrogen) atoms. The van der Waals surface area contributed by atoms with Crippen molar-refractivity contribution in [1.82, 2.24) is 28.5 Å². The molecule has 0 radical (unpaired) electrons. The summed E-state index contributed by atoms with van der Waals surface area (Å²) in [6.45, 7) is 7.10. The van der Waals surface area contributed by atoms with Crippen LogP contribution in [0.3, 0.4) is 0 Å². The molecule has 0 amide bonds. The number of hydrogen-bond donors (Lipinski definition) is 2. The average Bonchev–Trinajstić information content (AvgIpc) is 3.34. The Morgan fingerprint density at radius 3 is 0.848 bits per heavy atom. The van der Waals surface area contributed by atoms with Gasteiger partial charge >= 0.3 is 0 Å². The average molecular weight is 943 g/mol. The van der Waals surface area contributed by atoms with Crippen LogP contribution in [-0.2, 0) is 46.2 Å². The van der Waals surface area contributed by atoms with Gasteiger partial charge in [-0.1, -0.05) is 48.5 Å². The zero-order valence-electron chi connectivity index (χ0n) is 38.3. The number of hydrogen-bond acceptors (Lipinski definition) is 14. The predicted octanol–water partition coefficient (Wildman–Crippen LogP) is 6.51. The molecule has 2 heterocycles. The lowest BCUT2D eigenvalue weighted by atomic mass is 10.2. The van der Waals surface area contributed by atoms with E-state index in [-0.39, 0.29) is 37.8 Å². The molecule has 4 atom stereocenters. The minimum atomic E-state index is -3.95. The normalized spacial score (nSPS) is 13.5. The predicted molar refractivity (Wildman–Crippen MR) is 251 cm³/mol. The maximum atomic E-state index is 13.6. The number of methoxy groups -OCH3 is 4. The number of nitrogens with zero attached hydrogens (tertiary/aromatic N) is 6. The van der Waals surface area contributed by atoms with Gasteiger partial charge < -0.3 is 29.2 Å². The number of aryl methyl sites for hydroxylation is 2. The summed E-state index contributed by atoms with van der Waals surface area (Å²) in [6.07, 6.45) is 3.47. The maximum Gasteiger partial charge on any atom is 0.220 e. The molecule has 0 aliphatic heterocycles. The van der Waals surface area contributed by atoms with Crippen molar-refractivity contribution in [2.24, 2.45) is 0 Å². The SMILES string of the molecule is COc1ccc(CN(Cc2ccc(OC)cc2)S(=O)(=O)[C@@H](C)[C@H](O)c2ncc(C)cn2)cc1.COc1ccc(CN(Cc2ccc(OC)cc2)S(=O)(=O)[C@H](C)[C@H](O)c2ncc(C)cn2)cc1. The number of ether oxygens (including phenoxy) is 4. The van der Waals surface area contributed by atoms with Gasteiger partial charge in [-0.3, -0.25) is 0 Å². The largest absolute Gasteiger partial charge is 0.497 e. The molecule has 0 aliphatic rings. The Morgan fingerprint density at radius 2 is 0.652 bits per heavy atom. The third-order valence-electron chi connectivity index (χ3n) is 10.8. The fraction of sp³-hybridized carbons (Fsp3) is 0.333. The van der Waals surface area contributed by atoms with E-state index in [4.69, 9.17) is 18.9 Å². The van der Waals surface area contributed by atoms with Gasteiger partial charge in [0.25, 0.3) is 0 Å². The van der Waals surface area contributed by atoms with Gasteiger partial charge in [0, 0.05) is 51.0 Å². The van der Waals surface area contributed by atoms with Crippen LogP contribution in [0.15, 0.2) is 122 Å². The maximum absolute atomic E-state index is 13.6. The van der Waals surface area contributed by atoms with Crippen molar-refractivity contribution < 1.29 is 46.0 Å². The molecule has 0 unspecified atom stereocenters. The second-order valence-electron chi connectivity index (χ2n) is 15.6. The summed E-state index contributed by atoms with van der Waals surface area (Å²) in [5.41, 5.74) is 4.81. The molecule has 0 fully saturated rings. The monoisotopic (exact) mass is 942 g/mol. The first-order valence-electron chi connectivity index (χ1n) is 20.9. The molecule has 6 aromatic rings. The summed E-state index contributed by atoms with van der Waals surface area (Å²) >= 11 is 0. The van der Waals surface area contributed by atoms with Gasteiger partial charge in [-0.25, -0.2) is 36.8 Å². The molecule has 0 bridgehead atoms. The third kappa shape index (κ3) is 13.5. The Balaban J connectivity index is 0.000000247. The zero-order chi connectivity index (χ0) is 48.0. The lowest BCUT2D eigenvalue weighted by Gasteiger charge is -2.28. The summed E-state index contributed by atoms with van der Waals surface area (Å²) in [4.78, 5) is 16.4. The van der Waals surface area contributed by atoms with Gasteiger partial charge in [-0.15, -0.1) is 0 Å². The Hall–Kier alpha value is -6.02. The van der Waals surface area contributed by atoms with Crippen LogP contribution in [0.25, 0.3) is 0 Å². The summed E-state index contributed by atoms with van der Waals surface area (Å²) in [5.74, 6) is 2.88. The molecule has 2 N–H and O–H groups in total. The highest BCUT2D eigenvalue weighted by Gasteiger charge is 2.37. The number of aromatic nitrogens is 4. The Morgan fingerprint density at radius 1 is 0.439 bits per heavy atom. The van der Waals surface area contributed by atoms with E-state index in [1.807, 2.05) is 62.4 Å². The molecule has 0 aliphatic carbocycles. The number of aliphatic hydroxyl groups is 2. The molecular weight excluding hydrogens is 885 g/mol. The van der Waals surface area contributed by atoms with Gasteiger partial charge in [0.2, 0.25) is 20.0 Å². The van der Waals surface area contributed by atoms with Crippen LogP contribution in [0, 0.1) is 13.8 Å². The fourth-order valence-electron chi connectivity index (χ4n) is 6.54. The van der Waals surface area contributed by atoms with E-state index in [0.717, 1.165) is 33.4 Å². The van der Waals surface area contributed by atoms with Crippen LogP contribution in [0.5, 0.6) is 23.0 Å². The van der Waals surface area contributed by atoms with Crippen LogP contribution in [-0.4, -0.2) is 94.5 Å². The van der Waals surface area contributed by atoms with E-state index in [1.54, 1.807) is 102 Å². The van der Waals surface area contributed by atoms with Crippen LogP contribution in [0.1, 0.15) is 71.1 Å². The first-order chi connectivity index (χ1) is 31.5. The number of sulfonamides is 2. The van der Waals surface area contributed by atoms with Gasteiger partial charge in [-0.05, 0) is 110 Å². The molecule has 0 spiro atoms. The van der Waals surface area contributed by atoms with Crippen molar-refractivity contribution in [3.63, 3.8) is 0 Å². The van der Waals surface area contributed by atoms with Gasteiger partial charge in [0.15, 0.2) is 11.6 Å². The van der Waals surface area contributed by atoms with Gasteiger partial charge in [-0.2, -0.15) is 8.61 Å². The minimum absolute atomic E-state index is 0.0746. The number of aliphatic hydroxyl groups excluding tert-OH is 2. The Kier molecular flexibility index (Phi) is 18.1. The Labute approximate surface area is 388 Å². The van der Waals surface area contributed by atoms with Crippen molar-refractivity contribution >= 4 is 20.0 Å². The van der Waals surface area contributed by atoms with Gasteiger partial charge in [0.1, 0.15) is 45.7 Å². The summed E-state index contributed by atoms with van der Waals surface area (Å²) in [7, 11) is -1.59. The lowest BCUT2D eigenvalue weighted by Crippen LogP contribution is -2.40. The van der Waals surface area contributed by atoms with Crippen LogP contribution in [0.4, 0.5) is 0 Å². The summed E-state index contributed by atoms with van der Waals surface area (Å²) in [5, 5.41) is 19.2. The second-order valence-corrected chi connectivity index (χ2v) is 20.1. The van der Waals surface area contributed by atoms with Crippen LogP contribution < -0.4 is 18.9 Å². The van der Waals surface area contributed by atoms with Crippen molar-refractivity contribution in [2.75, 3.05) is 28.4 Å². The smallest absolute Gasteiger partial charge is 0.220 e. The lowest BCUT2D eigenvalue weighted by molar-refractivity contribution is 0.162. The molecule has 16 nitrogen and oxygen atoms in total. The third-order valence-corrected chi connectivity index (χ3v) is 15.1. The van der Waals surface area contributed by atoms with Crippen molar-refractivity contribution in [3.05, 3.63) is 167 Å². The van der Waals surface area contributed by atoms with Crippen LogP contribution in [0.2, 0.25) is 0 Å². The van der Waals surface area contributed by atoms with Crippen molar-refractivity contribution in [3.8, 4) is 23.0 Å². The number of benzene rings is 4. The van der Waals surface area contributed by atoms with E-state index >= 15 is 0 Å². The van der Waals surface area contributed by atoms with Gasteiger partial charge in [0.05, 0.1) is 28.4 Å². The van der Waals surface area contributed by atoms with E-state index in [9.17, 15) is 27.0 Å². The summed E-state index contributed by atoms with van der Waals surface area (Å²) < 4.78 is 78.0. The van der Waals surface area contributed by atoms with Crippen molar-refractivity contribution in [2.45, 2.75) is 76.6 Å². The highest BCUT2D eigenvalue weighted by atomic mass is 32.2. The van der Waals surface area contributed by atoms with E-state index in [2.05, 4.69) is 19.9 Å². The highest BCUT2D eigenvalue weighted by molar-refractivity contribution is 7.90. The molecule has 6 rings (SSSR count). The zero-order valence-corrected chi connectivity index (χ0v) is 40.0. The standard InChI is InChI=1S/2C24H29N3O5S/c2*1-17-13-25-24(26-14-17)23(28)18(2)33(29,30)27(15-19-5-9-21(31-3)10-6-19)16-20-7-11-22(32-4)12-8-20/h2*5-14,18,23,28H,15-16H2,1-4H3/t18-,23+;18-,23-/m10/s1. The van der Waals surface area contributed by atoms with E-state index in [0.29, 0.717) is 23.0 Å². The molecule has 4 aromatic carbocycles. The van der Waals surface area contributed by atoms with E-state index in [1.165, 1.54) is 22.5 Å². The number of rotatable bonds is 20. The molecule has 0 saturated carbocycles. The second kappa shape index (κ2) is 23.4. The molecule has 18 heteroatoms. The molecule has 0 saturated heterocycles. The topological polar surface area (TPSA) is 204 Å². The van der Waals surface area contributed by atoms with Crippen molar-refractivity contribution in [1.29, 1.82) is 0 Å². The molecule has 2 aromatic heterocycles. The molecule has 352 valence electrons. The Bertz CT molecular complexity index is 2360. The highest BCUT2D eigenvalue weighted by Crippen LogP contribution is 2.28. The molecular formula is C48H58N6O10S2. The minimum Gasteiger partial charge on any atom is -0.497 e. The van der Waals surface area contributed by atoms with E-state index < -0.39 is 42.8 Å². The quantitative estimate of drug-likeness (QED) is 0.0838. The first-order valence-corrected chi connectivity index (χ1v) is 23.9. The first kappa shape index (κ1) is 51.0. The fourth-order valence-corrected chi connectivity index (χ4v) is 9.69.